The molecule has 5 rings (SSSR count). The summed E-state index contributed by atoms with van der Waals surface area (Å²) in [6.07, 6.45) is 3.39. The molecule has 4 nitrogen and oxygen atoms in total. The summed E-state index contributed by atoms with van der Waals surface area (Å²) in [6.45, 7) is 0.600. The number of nitrogens with one attached hydrogen (secondary N) is 1. The van der Waals surface area contributed by atoms with Crippen molar-refractivity contribution in [3.05, 3.63) is 89.0 Å². The van der Waals surface area contributed by atoms with Crippen LogP contribution in [0.4, 0.5) is 0 Å². The van der Waals surface area contributed by atoms with E-state index in [2.05, 4.69) is 53.8 Å². The van der Waals surface area contributed by atoms with E-state index < -0.39 is 0 Å². The van der Waals surface area contributed by atoms with Gasteiger partial charge >= 0.3 is 0 Å². The van der Waals surface area contributed by atoms with E-state index in [1.807, 2.05) is 18.2 Å². The third kappa shape index (κ3) is 4.72. The second-order valence-electron chi connectivity index (χ2n) is 8.46. The molecule has 0 bridgehead atoms. The Morgan fingerprint density at radius 3 is 2.34 bits per heavy atom. The van der Waals surface area contributed by atoms with E-state index in [0.717, 1.165) is 30.1 Å². The van der Waals surface area contributed by atoms with Crippen molar-refractivity contribution in [3.63, 3.8) is 0 Å². The van der Waals surface area contributed by atoms with Gasteiger partial charge in [0.1, 0.15) is 12.4 Å². The van der Waals surface area contributed by atoms with E-state index >= 15 is 0 Å². The van der Waals surface area contributed by atoms with Crippen LogP contribution in [0.25, 0.3) is 0 Å². The smallest absolute Gasteiger partial charge is 0.161 e. The maximum absolute atomic E-state index is 5.92. The fourth-order valence-electron chi connectivity index (χ4n) is 4.66. The lowest BCUT2D eigenvalue weighted by molar-refractivity contribution is 0.306. The molecule has 2 aliphatic rings. The highest BCUT2D eigenvalue weighted by Crippen LogP contribution is 2.45. The van der Waals surface area contributed by atoms with Crippen molar-refractivity contribution in [1.82, 2.24) is 5.32 Å². The van der Waals surface area contributed by atoms with E-state index in [-0.39, 0.29) is 12.4 Å². The molecule has 3 aromatic rings. The Labute approximate surface area is 196 Å². The zero-order valence-electron chi connectivity index (χ0n) is 18.5. The third-order valence-electron chi connectivity index (χ3n) is 6.49. The van der Waals surface area contributed by atoms with Crippen LogP contribution in [0.2, 0.25) is 0 Å². The first-order valence-electron chi connectivity index (χ1n) is 11.0. The maximum Gasteiger partial charge on any atom is 0.161 e. The molecule has 0 aliphatic heterocycles. The van der Waals surface area contributed by atoms with Crippen molar-refractivity contribution in [1.29, 1.82) is 0 Å². The second kappa shape index (κ2) is 9.85. The molecule has 3 aromatic carbocycles. The van der Waals surface area contributed by atoms with Crippen LogP contribution >= 0.6 is 12.4 Å². The van der Waals surface area contributed by atoms with Crippen molar-refractivity contribution in [3.8, 4) is 17.2 Å². The van der Waals surface area contributed by atoms with Crippen molar-refractivity contribution in [2.75, 3.05) is 14.2 Å². The van der Waals surface area contributed by atoms with Crippen LogP contribution in [0.3, 0.4) is 0 Å². The summed E-state index contributed by atoms with van der Waals surface area (Å²) in [5.74, 6) is 3.13. The molecule has 0 spiro atoms. The molecule has 0 saturated heterocycles. The van der Waals surface area contributed by atoms with E-state index in [1.54, 1.807) is 14.2 Å². The van der Waals surface area contributed by atoms with Crippen molar-refractivity contribution in [2.45, 2.75) is 43.9 Å². The van der Waals surface area contributed by atoms with Gasteiger partial charge in [0.2, 0.25) is 0 Å². The van der Waals surface area contributed by atoms with Crippen molar-refractivity contribution in [2.24, 2.45) is 0 Å². The number of fused-ring (bicyclic) bond motifs is 1. The van der Waals surface area contributed by atoms with E-state index in [0.29, 0.717) is 24.6 Å². The monoisotopic (exact) mass is 451 g/mol. The topological polar surface area (TPSA) is 39.7 Å². The highest BCUT2D eigenvalue weighted by atomic mass is 35.5. The Morgan fingerprint density at radius 2 is 1.62 bits per heavy atom. The molecule has 3 atom stereocenters. The molecule has 1 saturated carbocycles. The summed E-state index contributed by atoms with van der Waals surface area (Å²) >= 11 is 0. The Morgan fingerprint density at radius 1 is 0.906 bits per heavy atom. The standard InChI is InChI=1S/C27H29NO3.ClH/c1-29-26-14-20-10-13-24(23(20)16-27(26)30-2)28-25-15-22(25)19-8-11-21(12-9-19)31-17-18-6-4-3-5-7-18;/h3-9,11-12,14,16,22,24-25,28H,10,13,15,17H2,1-2H3;1H/t22-,24?,25+;/m0./s1. The Kier molecular flexibility index (Phi) is 6.92. The number of methoxy groups -OCH3 is 2. The number of hydrogen-bond acceptors (Lipinski definition) is 4. The van der Waals surface area contributed by atoms with Crippen LogP contribution in [0.1, 0.15) is 47.1 Å². The quantitative estimate of drug-likeness (QED) is 0.467. The molecule has 5 heteroatoms. The van der Waals surface area contributed by atoms with Gasteiger partial charge in [-0.25, -0.2) is 0 Å². The van der Waals surface area contributed by atoms with Crippen LogP contribution in [-0.2, 0) is 13.0 Å². The molecule has 0 amide bonds. The predicted molar refractivity (Wildman–Crippen MR) is 129 cm³/mol. The maximum atomic E-state index is 5.92. The van der Waals surface area contributed by atoms with Crippen molar-refractivity contribution < 1.29 is 14.2 Å². The molecule has 1 N–H and O–H groups in total. The summed E-state index contributed by atoms with van der Waals surface area (Å²) in [6, 6.07) is 24.1. The minimum absolute atomic E-state index is 0. The lowest BCUT2D eigenvalue weighted by Gasteiger charge is -2.16. The number of aryl methyl sites for hydroxylation is 1. The lowest BCUT2D eigenvalue weighted by atomic mass is 10.1. The third-order valence-corrected chi connectivity index (χ3v) is 6.49. The molecular formula is C27H30ClNO3. The molecule has 32 heavy (non-hydrogen) atoms. The van der Waals surface area contributed by atoms with Crippen LogP contribution < -0.4 is 19.5 Å². The normalized spacial score (nSPS) is 20.8. The second-order valence-corrected chi connectivity index (χ2v) is 8.46. The molecule has 1 unspecified atom stereocenters. The van der Waals surface area contributed by atoms with Crippen LogP contribution in [-0.4, -0.2) is 20.3 Å². The van der Waals surface area contributed by atoms with Gasteiger partial charge in [-0.2, -0.15) is 0 Å². The summed E-state index contributed by atoms with van der Waals surface area (Å²) in [7, 11) is 3.40. The molecule has 168 valence electrons. The van der Waals surface area contributed by atoms with Gasteiger partial charge in [-0.05, 0) is 65.8 Å². The molecule has 0 aromatic heterocycles. The van der Waals surface area contributed by atoms with E-state index in [9.17, 15) is 0 Å². The first kappa shape index (κ1) is 22.5. The highest BCUT2D eigenvalue weighted by Gasteiger charge is 2.40. The zero-order valence-corrected chi connectivity index (χ0v) is 19.4. The summed E-state index contributed by atoms with van der Waals surface area (Å²) in [4.78, 5) is 0. The zero-order chi connectivity index (χ0) is 21.2. The minimum Gasteiger partial charge on any atom is -0.493 e. The van der Waals surface area contributed by atoms with Gasteiger partial charge in [-0.3, -0.25) is 0 Å². The van der Waals surface area contributed by atoms with Gasteiger partial charge in [0.25, 0.3) is 0 Å². The summed E-state index contributed by atoms with van der Waals surface area (Å²) < 4.78 is 16.9. The number of hydrogen-bond donors (Lipinski definition) is 1. The van der Waals surface area contributed by atoms with Crippen molar-refractivity contribution >= 4 is 12.4 Å². The number of ether oxygens (including phenoxy) is 3. The Bertz CT molecular complexity index is 1040. The van der Waals surface area contributed by atoms with Crippen LogP contribution in [0, 0.1) is 0 Å². The fourth-order valence-corrected chi connectivity index (χ4v) is 4.66. The van der Waals surface area contributed by atoms with E-state index in [1.165, 1.54) is 28.7 Å². The molecule has 2 aliphatic carbocycles. The summed E-state index contributed by atoms with van der Waals surface area (Å²) in [5.41, 5.74) is 5.29. The Balaban J connectivity index is 0.00000245. The van der Waals surface area contributed by atoms with Gasteiger partial charge < -0.3 is 19.5 Å². The highest BCUT2D eigenvalue weighted by molar-refractivity contribution is 5.85. The SMILES string of the molecule is COc1cc2c(cc1OC)C(N[C@@H]1C[C@H]1c1ccc(OCc3ccccc3)cc1)CC2.Cl. The first-order chi connectivity index (χ1) is 15.2. The van der Waals surface area contributed by atoms with Crippen LogP contribution in [0.5, 0.6) is 17.2 Å². The largest absolute Gasteiger partial charge is 0.493 e. The predicted octanol–water partition coefficient (Wildman–Crippen LogP) is 5.84. The molecule has 0 heterocycles. The van der Waals surface area contributed by atoms with Gasteiger partial charge in [0.15, 0.2) is 11.5 Å². The number of halogens is 1. The number of benzene rings is 3. The van der Waals surface area contributed by atoms with Gasteiger partial charge in [0.05, 0.1) is 14.2 Å². The fraction of sp³-hybridized carbons (Fsp3) is 0.333. The summed E-state index contributed by atoms with van der Waals surface area (Å²) in [5, 5.41) is 3.88. The average Bonchev–Trinajstić information content (AvgIpc) is 3.49. The van der Waals surface area contributed by atoms with Gasteiger partial charge in [0, 0.05) is 18.0 Å². The lowest BCUT2D eigenvalue weighted by Crippen LogP contribution is -2.22. The van der Waals surface area contributed by atoms with Gasteiger partial charge in [-0.1, -0.05) is 42.5 Å². The molecule has 0 radical (unpaired) electrons. The van der Waals surface area contributed by atoms with Gasteiger partial charge in [-0.15, -0.1) is 12.4 Å². The van der Waals surface area contributed by atoms with E-state index in [4.69, 9.17) is 14.2 Å². The molecular weight excluding hydrogens is 422 g/mol. The Hall–Kier alpha value is -2.69. The molecule has 1 fully saturated rings. The average molecular weight is 452 g/mol. The minimum atomic E-state index is 0. The van der Waals surface area contributed by atoms with Crippen LogP contribution in [0.15, 0.2) is 66.7 Å². The number of rotatable bonds is 8. The first-order valence-corrected chi connectivity index (χ1v) is 11.0.